The minimum atomic E-state index is 0.486. The number of benzene rings is 1. The van der Waals surface area contributed by atoms with Gasteiger partial charge in [-0.2, -0.15) is 5.10 Å². The van der Waals surface area contributed by atoms with Crippen molar-refractivity contribution in [2.45, 2.75) is 40.8 Å². The van der Waals surface area contributed by atoms with E-state index in [-0.39, 0.29) is 0 Å². The van der Waals surface area contributed by atoms with E-state index in [0.29, 0.717) is 6.61 Å². The van der Waals surface area contributed by atoms with E-state index >= 15 is 0 Å². The predicted octanol–water partition coefficient (Wildman–Crippen LogP) is 3.75. The van der Waals surface area contributed by atoms with Crippen LogP contribution < -0.4 is 10.5 Å². The summed E-state index contributed by atoms with van der Waals surface area (Å²) in [5.74, 6) is 0.866. The van der Waals surface area contributed by atoms with Crippen molar-refractivity contribution in [3.05, 3.63) is 39.1 Å². The summed E-state index contributed by atoms with van der Waals surface area (Å²) in [5.41, 5.74) is 10.8. The van der Waals surface area contributed by atoms with Gasteiger partial charge in [-0.1, -0.05) is 0 Å². The molecule has 4 nitrogen and oxygen atoms in total. The molecule has 0 fully saturated rings. The van der Waals surface area contributed by atoms with Crippen molar-refractivity contribution < 1.29 is 4.74 Å². The summed E-state index contributed by atoms with van der Waals surface area (Å²) in [4.78, 5) is 0. The van der Waals surface area contributed by atoms with Crippen LogP contribution in [-0.2, 0) is 13.2 Å². The number of hydrogen-bond donors (Lipinski definition) is 1. The first kappa shape index (κ1) is 14.9. The molecule has 0 radical (unpaired) electrons. The molecule has 2 N–H and O–H groups in total. The highest BCUT2D eigenvalue weighted by Gasteiger charge is 2.13. The predicted molar refractivity (Wildman–Crippen MR) is 85.0 cm³/mol. The first-order valence-corrected chi connectivity index (χ1v) is 7.44. The quantitative estimate of drug-likeness (QED) is 0.864. The maximum absolute atomic E-state index is 5.95. The molecule has 0 aliphatic carbocycles. The van der Waals surface area contributed by atoms with Gasteiger partial charge in [0.05, 0.1) is 15.9 Å². The van der Waals surface area contributed by atoms with Crippen LogP contribution >= 0.6 is 15.9 Å². The molecule has 0 aliphatic heterocycles. The Labute approximate surface area is 128 Å². The van der Waals surface area contributed by atoms with Crippen LogP contribution in [0.3, 0.4) is 0 Å². The molecule has 0 amide bonds. The standard InChI is InChI=1S/C15H20BrN3O/c1-5-19-13(15(16)11(4)18-19)8-20-14-7-9(2)12(17)6-10(14)3/h6-7H,5,8,17H2,1-4H3. The maximum Gasteiger partial charge on any atom is 0.131 e. The molecule has 108 valence electrons. The van der Waals surface area contributed by atoms with Crippen LogP contribution in [0, 0.1) is 20.8 Å². The molecule has 1 heterocycles. The van der Waals surface area contributed by atoms with Crippen LogP contribution in [0.15, 0.2) is 16.6 Å². The average molecular weight is 338 g/mol. The summed E-state index contributed by atoms with van der Waals surface area (Å²) in [5, 5.41) is 4.46. The van der Waals surface area contributed by atoms with Crippen LogP contribution in [0.1, 0.15) is 29.4 Å². The van der Waals surface area contributed by atoms with E-state index in [0.717, 1.165) is 45.0 Å². The zero-order valence-corrected chi connectivity index (χ0v) is 13.9. The molecule has 0 spiro atoms. The average Bonchev–Trinajstić information content (AvgIpc) is 2.68. The molecule has 20 heavy (non-hydrogen) atoms. The zero-order chi connectivity index (χ0) is 14.9. The van der Waals surface area contributed by atoms with E-state index in [1.54, 1.807) is 0 Å². The highest BCUT2D eigenvalue weighted by Crippen LogP contribution is 2.27. The van der Waals surface area contributed by atoms with Gasteiger partial charge in [-0.3, -0.25) is 4.68 Å². The smallest absolute Gasteiger partial charge is 0.131 e. The molecule has 0 saturated heterocycles. The highest BCUT2D eigenvalue weighted by molar-refractivity contribution is 9.10. The van der Waals surface area contributed by atoms with Crippen LogP contribution in [0.25, 0.3) is 0 Å². The molecule has 0 unspecified atom stereocenters. The van der Waals surface area contributed by atoms with E-state index in [2.05, 4.69) is 28.0 Å². The van der Waals surface area contributed by atoms with Crippen molar-refractivity contribution in [2.24, 2.45) is 0 Å². The molecule has 0 atom stereocenters. The molecule has 2 rings (SSSR count). The van der Waals surface area contributed by atoms with E-state index in [4.69, 9.17) is 10.5 Å². The minimum absolute atomic E-state index is 0.486. The first-order valence-electron chi connectivity index (χ1n) is 6.65. The molecular weight excluding hydrogens is 318 g/mol. The molecule has 0 bridgehead atoms. The third-order valence-corrected chi connectivity index (χ3v) is 4.41. The van der Waals surface area contributed by atoms with E-state index in [9.17, 15) is 0 Å². The van der Waals surface area contributed by atoms with Gasteiger partial charge in [0.2, 0.25) is 0 Å². The molecule has 0 saturated carbocycles. The number of nitrogens with zero attached hydrogens (tertiary/aromatic N) is 2. The number of anilines is 1. The van der Waals surface area contributed by atoms with E-state index < -0.39 is 0 Å². The van der Waals surface area contributed by atoms with Crippen molar-refractivity contribution in [3.63, 3.8) is 0 Å². The third-order valence-electron chi connectivity index (χ3n) is 3.38. The van der Waals surface area contributed by atoms with Gasteiger partial charge in [0, 0.05) is 12.2 Å². The molecule has 0 aliphatic rings. The van der Waals surface area contributed by atoms with Crippen molar-refractivity contribution in [1.29, 1.82) is 0 Å². The van der Waals surface area contributed by atoms with Crippen LogP contribution in [0.5, 0.6) is 5.75 Å². The Kier molecular flexibility index (Phi) is 4.38. The number of aromatic nitrogens is 2. The lowest BCUT2D eigenvalue weighted by Crippen LogP contribution is -2.07. The van der Waals surface area contributed by atoms with E-state index in [1.807, 2.05) is 37.6 Å². The molecule has 1 aromatic carbocycles. The number of aryl methyl sites for hydroxylation is 4. The molecule has 2 aromatic rings. The molecule has 5 heteroatoms. The first-order chi connectivity index (χ1) is 9.43. The second-order valence-electron chi connectivity index (χ2n) is 4.92. The topological polar surface area (TPSA) is 53.1 Å². The summed E-state index contributed by atoms with van der Waals surface area (Å²) in [6.45, 7) is 9.35. The Bertz CT molecular complexity index is 635. The Morgan fingerprint density at radius 3 is 2.60 bits per heavy atom. The van der Waals surface area contributed by atoms with Gasteiger partial charge in [-0.15, -0.1) is 0 Å². The van der Waals surface area contributed by atoms with Crippen molar-refractivity contribution in [1.82, 2.24) is 9.78 Å². The number of rotatable bonds is 4. The largest absolute Gasteiger partial charge is 0.487 e. The fourth-order valence-electron chi connectivity index (χ4n) is 2.12. The number of nitrogen functional groups attached to an aromatic ring is 1. The van der Waals surface area contributed by atoms with Gasteiger partial charge in [0.25, 0.3) is 0 Å². The minimum Gasteiger partial charge on any atom is -0.487 e. The maximum atomic E-state index is 5.95. The Morgan fingerprint density at radius 1 is 1.25 bits per heavy atom. The zero-order valence-electron chi connectivity index (χ0n) is 12.3. The fourth-order valence-corrected chi connectivity index (χ4v) is 2.52. The van der Waals surface area contributed by atoms with Crippen molar-refractivity contribution >= 4 is 21.6 Å². The summed E-state index contributed by atoms with van der Waals surface area (Å²) >= 11 is 3.58. The fraction of sp³-hybridized carbons (Fsp3) is 0.400. The van der Waals surface area contributed by atoms with Gasteiger partial charge in [-0.05, 0) is 66.9 Å². The van der Waals surface area contributed by atoms with Gasteiger partial charge >= 0.3 is 0 Å². The van der Waals surface area contributed by atoms with Crippen molar-refractivity contribution in [3.8, 4) is 5.75 Å². The lowest BCUT2D eigenvalue weighted by atomic mass is 10.1. The SMILES string of the molecule is CCn1nc(C)c(Br)c1COc1cc(C)c(N)cc1C. The summed E-state index contributed by atoms with van der Waals surface area (Å²) < 4.78 is 8.92. The lowest BCUT2D eigenvalue weighted by molar-refractivity contribution is 0.289. The number of hydrogen-bond acceptors (Lipinski definition) is 3. The highest BCUT2D eigenvalue weighted by atomic mass is 79.9. The Balaban J connectivity index is 2.23. The van der Waals surface area contributed by atoms with Gasteiger partial charge in [0.1, 0.15) is 12.4 Å². The second kappa shape index (κ2) is 5.87. The van der Waals surface area contributed by atoms with Crippen LogP contribution in [-0.4, -0.2) is 9.78 Å². The van der Waals surface area contributed by atoms with Gasteiger partial charge in [0.15, 0.2) is 0 Å². The molecule has 1 aromatic heterocycles. The van der Waals surface area contributed by atoms with Crippen molar-refractivity contribution in [2.75, 3.05) is 5.73 Å². The number of halogens is 1. The lowest BCUT2D eigenvalue weighted by Gasteiger charge is -2.12. The summed E-state index contributed by atoms with van der Waals surface area (Å²) in [6.07, 6.45) is 0. The van der Waals surface area contributed by atoms with Gasteiger partial charge in [-0.25, -0.2) is 0 Å². The second-order valence-corrected chi connectivity index (χ2v) is 5.72. The summed E-state index contributed by atoms with van der Waals surface area (Å²) in [6, 6.07) is 3.93. The molecular formula is C15H20BrN3O. The summed E-state index contributed by atoms with van der Waals surface area (Å²) in [7, 11) is 0. The Morgan fingerprint density at radius 2 is 1.95 bits per heavy atom. The normalized spacial score (nSPS) is 10.8. The van der Waals surface area contributed by atoms with Gasteiger partial charge < -0.3 is 10.5 Å². The Hall–Kier alpha value is -1.49. The third kappa shape index (κ3) is 2.82. The number of nitrogens with two attached hydrogens (primary N) is 1. The van der Waals surface area contributed by atoms with E-state index in [1.165, 1.54) is 0 Å². The number of ether oxygens (including phenoxy) is 1. The van der Waals surface area contributed by atoms with Crippen LogP contribution in [0.4, 0.5) is 5.69 Å². The van der Waals surface area contributed by atoms with Crippen LogP contribution in [0.2, 0.25) is 0 Å². The monoisotopic (exact) mass is 337 g/mol.